The Kier molecular flexibility index (Phi) is 6.64. The molecule has 2 atom stereocenters. The summed E-state index contributed by atoms with van der Waals surface area (Å²) < 4.78 is 46.7. The van der Waals surface area contributed by atoms with Gasteiger partial charge in [0.15, 0.2) is 11.7 Å². The van der Waals surface area contributed by atoms with Gasteiger partial charge in [-0.3, -0.25) is 14.3 Å². The predicted molar refractivity (Wildman–Crippen MR) is 141 cm³/mol. The van der Waals surface area contributed by atoms with Crippen molar-refractivity contribution in [3.8, 4) is 5.69 Å². The van der Waals surface area contributed by atoms with E-state index in [-0.39, 0.29) is 22.9 Å². The Hall–Kier alpha value is -3.51. The second-order valence-corrected chi connectivity index (χ2v) is 10.2. The van der Waals surface area contributed by atoms with E-state index in [9.17, 15) is 22.8 Å². The highest BCUT2D eigenvalue weighted by atomic mass is 79.9. The lowest BCUT2D eigenvalue weighted by Gasteiger charge is -2.33. The summed E-state index contributed by atoms with van der Waals surface area (Å²) >= 11 is 9.76. The van der Waals surface area contributed by atoms with E-state index in [4.69, 9.17) is 11.6 Å². The van der Waals surface area contributed by atoms with E-state index in [1.165, 1.54) is 4.68 Å². The van der Waals surface area contributed by atoms with Gasteiger partial charge in [-0.05, 0) is 36.8 Å². The molecule has 0 bridgehead atoms. The summed E-state index contributed by atoms with van der Waals surface area (Å²) in [5.74, 6) is -1.02. The number of fused-ring (bicyclic) bond motifs is 1. The van der Waals surface area contributed by atoms with E-state index in [2.05, 4.69) is 31.7 Å². The summed E-state index contributed by atoms with van der Waals surface area (Å²) in [5, 5.41) is 9.20. The number of anilines is 2. The van der Waals surface area contributed by atoms with E-state index in [0.29, 0.717) is 21.6 Å². The number of rotatable bonds is 4. The Morgan fingerprint density at radius 1 is 1.16 bits per heavy atom. The second-order valence-electron chi connectivity index (χ2n) is 8.89. The second kappa shape index (κ2) is 9.66. The third kappa shape index (κ3) is 4.51. The Labute approximate surface area is 228 Å². The Balaban J connectivity index is 1.51. The lowest BCUT2D eigenvalue weighted by molar-refractivity contribution is -0.173. The van der Waals surface area contributed by atoms with Crippen LogP contribution in [0.2, 0.25) is 5.02 Å². The van der Waals surface area contributed by atoms with Crippen molar-refractivity contribution in [3.63, 3.8) is 0 Å². The Bertz CT molecular complexity index is 1580. The summed E-state index contributed by atoms with van der Waals surface area (Å²) in [5.41, 5.74) is 0.680. The van der Waals surface area contributed by atoms with E-state index in [0.717, 1.165) is 4.47 Å². The number of amides is 1. The van der Waals surface area contributed by atoms with Crippen molar-refractivity contribution >= 4 is 44.9 Å². The summed E-state index contributed by atoms with van der Waals surface area (Å²) in [6, 6.07) is 13.0. The van der Waals surface area contributed by atoms with Gasteiger partial charge in [0.1, 0.15) is 16.5 Å². The van der Waals surface area contributed by atoms with Crippen LogP contribution >= 0.6 is 27.5 Å². The molecule has 2 N–H and O–H groups in total. The third-order valence-corrected chi connectivity index (χ3v) is 7.46. The smallest absolute Gasteiger partial charge is 0.362 e. The molecule has 0 spiro atoms. The number of benzene rings is 2. The fourth-order valence-corrected chi connectivity index (χ4v) is 5.06. The van der Waals surface area contributed by atoms with Gasteiger partial charge in [-0.25, -0.2) is 9.36 Å². The third-order valence-electron chi connectivity index (χ3n) is 6.58. The number of aromatic nitrogens is 4. The average Bonchev–Trinajstić information content (AvgIpc) is 3.32. The van der Waals surface area contributed by atoms with Crippen molar-refractivity contribution in [1.29, 1.82) is 0 Å². The first-order chi connectivity index (χ1) is 18.0. The summed E-state index contributed by atoms with van der Waals surface area (Å²) in [7, 11) is 1.65. The minimum absolute atomic E-state index is 0.0311. The molecular weight excluding hydrogens is 589 g/mol. The predicted octanol–water partition coefficient (Wildman–Crippen LogP) is 6.01. The van der Waals surface area contributed by atoms with E-state index in [1.807, 2.05) is 0 Å². The molecule has 0 unspecified atom stereocenters. The minimum Gasteiger partial charge on any atom is -0.362 e. The zero-order chi connectivity index (χ0) is 27.4. The largest absolute Gasteiger partial charge is 0.410 e. The van der Waals surface area contributed by atoms with Gasteiger partial charge in [0.05, 0.1) is 17.4 Å². The first-order valence-corrected chi connectivity index (χ1v) is 12.7. The molecule has 0 radical (unpaired) electrons. The van der Waals surface area contributed by atoms with Crippen molar-refractivity contribution in [2.45, 2.75) is 31.6 Å². The van der Waals surface area contributed by atoms with Gasteiger partial charge in [0, 0.05) is 17.9 Å². The molecular formula is C25H21BrClF3N6O2. The van der Waals surface area contributed by atoms with Gasteiger partial charge in [0.25, 0.3) is 11.5 Å². The highest BCUT2D eigenvalue weighted by molar-refractivity contribution is 9.10. The fraction of sp³-hybridized carbons (Fsp3) is 0.240. The number of para-hydroxylation sites is 1. The van der Waals surface area contributed by atoms with Gasteiger partial charge in [0.2, 0.25) is 0 Å². The van der Waals surface area contributed by atoms with E-state index < -0.39 is 35.4 Å². The Morgan fingerprint density at radius 2 is 1.82 bits per heavy atom. The standard InChI is InChI=1S/C25H21BrClF3N6O2/c1-13-20(24(38)36(34(13)2)16-6-4-3-5-7-16)32-23(37)21-19(27)22-31-17(14-8-10-15(26)11-9-14)12-18(25(28,29)30)35(22)33-21/h3-11,17-18,31H,12H2,1-2H3,(H,32,37)/t17-,18+/m0/s1. The van der Waals surface area contributed by atoms with Crippen LogP contribution < -0.4 is 16.2 Å². The minimum atomic E-state index is -4.65. The van der Waals surface area contributed by atoms with Gasteiger partial charge in [-0.15, -0.1) is 0 Å². The number of carbonyl (C=O) groups excluding carboxylic acids is 1. The maximum atomic E-state index is 14.1. The molecule has 5 rings (SSSR count). The zero-order valence-electron chi connectivity index (χ0n) is 20.1. The van der Waals surface area contributed by atoms with Gasteiger partial charge < -0.3 is 10.6 Å². The normalized spacial score (nSPS) is 17.1. The quantitative estimate of drug-likeness (QED) is 0.297. The zero-order valence-corrected chi connectivity index (χ0v) is 22.4. The molecule has 1 amide bonds. The lowest BCUT2D eigenvalue weighted by atomic mass is 9.97. The maximum absolute atomic E-state index is 14.1. The van der Waals surface area contributed by atoms with Crippen molar-refractivity contribution < 1.29 is 18.0 Å². The molecule has 198 valence electrons. The van der Waals surface area contributed by atoms with Crippen molar-refractivity contribution in [1.82, 2.24) is 19.1 Å². The van der Waals surface area contributed by atoms with Crippen LogP contribution in [0, 0.1) is 6.92 Å². The number of nitrogens with zero attached hydrogens (tertiary/aromatic N) is 4. The molecule has 0 saturated carbocycles. The number of hydrogen-bond donors (Lipinski definition) is 2. The average molecular weight is 610 g/mol. The van der Waals surface area contributed by atoms with Crippen LogP contribution in [0.1, 0.15) is 40.3 Å². The number of hydrogen-bond acceptors (Lipinski definition) is 4. The number of alkyl halides is 3. The van der Waals surface area contributed by atoms with Crippen LogP contribution in [0.3, 0.4) is 0 Å². The van der Waals surface area contributed by atoms with Crippen LogP contribution in [-0.2, 0) is 7.05 Å². The molecule has 38 heavy (non-hydrogen) atoms. The summed E-state index contributed by atoms with van der Waals surface area (Å²) in [6.07, 6.45) is -5.00. The first kappa shape index (κ1) is 26.1. The highest BCUT2D eigenvalue weighted by Crippen LogP contribution is 2.46. The van der Waals surface area contributed by atoms with Crippen LogP contribution in [0.25, 0.3) is 5.69 Å². The van der Waals surface area contributed by atoms with E-state index >= 15 is 0 Å². The molecule has 0 saturated heterocycles. The fourth-order valence-electron chi connectivity index (χ4n) is 4.53. The summed E-state index contributed by atoms with van der Waals surface area (Å²) in [6.45, 7) is 1.64. The van der Waals surface area contributed by atoms with Crippen molar-refractivity contribution in [2.75, 3.05) is 10.6 Å². The van der Waals surface area contributed by atoms with E-state index in [1.54, 1.807) is 73.3 Å². The van der Waals surface area contributed by atoms with Gasteiger partial charge >= 0.3 is 6.18 Å². The molecule has 2 aromatic heterocycles. The molecule has 4 aromatic rings. The molecule has 2 aromatic carbocycles. The van der Waals surface area contributed by atoms with Crippen LogP contribution in [-0.4, -0.2) is 31.2 Å². The van der Waals surface area contributed by atoms with Gasteiger partial charge in [-0.2, -0.15) is 18.3 Å². The maximum Gasteiger partial charge on any atom is 0.410 e. The molecule has 8 nitrogen and oxygen atoms in total. The molecule has 1 aliphatic rings. The lowest BCUT2D eigenvalue weighted by Crippen LogP contribution is -2.35. The summed E-state index contributed by atoms with van der Waals surface area (Å²) in [4.78, 5) is 26.4. The topological polar surface area (TPSA) is 85.9 Å². The van der Waals surface area contributed by atoms with Crippen molar-refractivity contribution in [2.24, 2.45) is 7.05 Å². The van der Waals surface area contributed by atoms with Crippen LogP contribution in [0.5, 0.6) is 0 Å². The molecule has 13 heteroatoms. The molecule has 0 fully saturated rings. The molecule has 1 aliphatic heterocycles. The number of halogens is 5. The van der Waals surface area contributed by atoms with Crippen LogP contribution in [0.4, 0.5) is 24.7 Å². The number of carbonyl (C=O) groups is 1. The van der Waals surface area contributed by atoms with Gasteiger partial charge in [-0.1, -0.05) is 57.9 Å². The molecule has 3 heterocycles. The Morgan fingerprint density at radius 3 is 2.45 bits per heavy atom. The SMILES string of the molecule is Cc1c(NC(=O)c2nn3c(c2Cl)N[C@H](c2ccc(Br)cc2)C[C@@H]3C(F)(F)F)c(=O)n(-c2ccccc2)n1C. The highest BCUT2D eigenvalue weighted by Gasteiger charge is 2.48. The van der Waals surface area contributed by atoms with Crippen molar-refractivity contribution in [3.05, 3.63) is 91.4 Å². The van der Waals surface area contributed by atoms with Crippen LogP contribution in [0.15, 0.2) is 63.9 Å². The number of nitrogens with one attached hydrogen (secondary N) is 2. The monoisotopic (exact) mass is 608 g/mol. The molecule has 0 aliphatic carbocycles. The first-order valence-electron chi connectivity index (χ1n) is 11.5.